The molecule has 2 N–H and O–H groups in total. The summed E-state index contributed by atoms with van der Waals surface area (Å²) in [6, 6.07) is 14.9. The highest BCUT2D eigenvalue weighted by molar-refractivity contribution is 5.81. The molecule has 0 amide bonds. The Hall–Kier alpha value is -2.66. The lowest BCUT2D eigenvalue weighted by molar-refractivity contribution is -0.136. The van der Waals surface area contributed by atoms with Gasteiger partial charge >= 0.3 is 5.97 Å². The van der Waals surface area contributed by atoms with Crippen LogP contribution < -0.4 is 5.32 Å². The van der Waals surface area contributed by atoms with Crippen LogP contribution in [0.15, 0.2) is 42.5 Å². The number of benzene rings is 2. The highest BCUT2D eigenvalue weighted by Gasteiger charge is 2.16. The van der Waals surface area contributed by atoms with Crippen molar-refractivity contribution in [3.8, 4) is 11.4 Å². The number of nitrogens with one attached hydrogen (secondary N) is 1. The van der Waals surface area contributed by atoms with Crippen molar-refractivity contribution in [2.75, 3.05) is 13.1 Å². The molecule has 0 bridgehead atoms. The zero-order valence-electron chi connectivity index (χ0n) is 15.6. The molecule has 1 aromatic heterocycles. The van der Waals surface area contributed by atoms with Gasteiger partial charge in [0.1, 0.15) is 5.82 Å². The fraction of sp³-hybridized carbons (Fsp3) is 0.364. The van der Waals surface area contributed by atoms with E-state index in [1.165, 1.54) is 18.4 Å². The van der Waals surface area contributed by atoms with E-state index in [4.69, 9.17) is 10.1 Å². The van der Waals surface area contributed by atoms with Gasteiger partial charge in [0, 0.05) is 19.0 Å². The summed E-state index contributed by atoms with van der Waals surface area (Å²) < 4.78 is 2.11. The van der Waals surface area contributed by atoms with Gasteiger partial charge in [0.25, 0.3) is 0 Å². The molecule has 4 rings (SSSR count). The maximum absolute atomic E-state index is 10.8. The first kappa shape index (κ1) is 17.7. The van der Waals surface area contributed by atoms with Crippen molar-refractivity contribution in [3.63, 3.8) is 0 Å². The van der Waals surface area contributed by atoms with Crippen molar-refractivity contribution in [3.05, 3.63) is 53.6 Å². The summed E-state index contributed by atoms with van der Waals surface area (Å²) in [6.07, 6.45) is 3.07. The molecule has 0 saturated carbocycles. The molecule has 3 aromatic rings. The Morgan fingerprint density at radius 2 is 1.93 bits per heavy atom. The summed E-state index contributed by atoms with van der Waals surface area (Å²) in [5.41, 5.74) is 5.51. The molecule has 5 heteroatoms. The standard InChI is InChI=1S/C22H25N3O2/c1-25-20-8-2-15(3-9-21(26)27)14-19(20)24-22(25)18-6-4-16(5-7-18)17-10-12-23-13-11-17/h2,4-8,14,17,23H,3,9-13H2,1H3,(H,26,27). The van der Waals surface area contributed by atoms with E-state index in [1.54, 1.807) is 0 Å². The molecule has 27 heavy (non-hydrogen) atoms. The van der Waals surface area contributed by atoms with Crippen LogP contribution in [0.1, 0.15) is 36.3 Å². The zero-order chi connectivity index (χ0) is 18.8. The van der Waals surface area contributed by atoms with E-state index in [2.05, 4.69) is 34.1 Å². The molecule has 2 heterocycles. The fourth-order valence-corrected chi connectivity index (χ4v) is 3.97. The van der Waals surface area contributed by atoms with Crippen LogP contribution in [0.2, 0.25) is 0 Å². The van der Waals surface area contributed by atoms with Crippen LogP contribution in [0.4, 0.5) is 0 Å². The van der Waals surface area contributed by atoms with Crippen LogP contribution in [0.5, 0.6) is 0 Å². The second kappa shape index (κ2) is 7.53. The predicted molar refractivity (Wildman–Crippen MR) is 107 cm³/mol. The van der Waals surface area contributed by atoms with Crippen LogP contribution >= 0.6 is 0 Å². The highest BCUT2D eigenvalue weighted by atomic mass is 16.4. The second-order valence-corrected chi connectivity index (χ2v) is 7.36. The van der Waals surface area contributed by atoms with Crippen LogP contribution in [0.25, 0.3) is 22.4 Å². The molecule has 1 aliphatic heterocycles. The van der Waals surface area contributed by atoms with Gasteiger partial charge in [-0.25, -0.2) is 4.98 Å². The van der Waals surface area contributed by atoms with Crippen molar-refractivity contribution in [2.45, 2.75) is 31.6 Å². The summed E-state index contributed by atoms with van der Waals surface area (Å²) in [5, 5.41) is 12.3. The van der Waals surface area contributed by atoms with Gasteiger partial charge in [-0.1, -0.05) is 30.3 Å². The van der Waals surface area contributed by atoms with Gasteiger partial charge in [-0.05, 0) is 61.5 Å². The fourth-order valence-electron chi connectivity index (χ4n) is 3.97. The smallest absolute Gasteiger partial charge is 0.303 e. The number of carboxylic acids is 1. The summed E-state index contributed by atoms with van der Waals surface area (Å²) in [5.74, 6) is 0.820. The Labute approximate surface area is 159 Å². The van der Waals surface area contributed by atoms with Gasteiger partial charge in [-0.2, -0.15) is 0 Å². The first-order valence-corrected chi connectivity index (χ1v) is 9.60. The summed E-state index contributed by atoms with van der Waals surface area (Å²) >= 11 is 0. The van der Waals surface area contributed by atoms with Crippen LogP contribution in [0.3, 0.4) is 0 Å². The quantitative estimate of drug-likeness (QED) is 0.725. The highest BCUT2D eigenvalue weighted by Crippen LogP contribution is 2.29. The molecular weight excluding hydrogens is 338 g/mol. The molecule has 140 valence electrons. The molecule has 1 fully saturated rings. The number of carbonyl (C=O) groups is 1. The number of aliphatic carboxylic acids is 1. The molecule has 2 aromatic carbocycles. The van der Waals surface area contributed by atoms with Crippen molar-refractivity contribution < 1.29 is 9.90 Å². The topological polar surface area (TPSA) is 67.2 Å². The van der Waals surface area contributed by atoms with Crippen LogP contribution in [0, 0.1) is 0 Å². The number of hydrogen-bond acceptors (Lipinski definition) is 3. The lowest BCUT2D eigenvalue weighted by Crippen LogP contribution is -2.26. The van der Waals surface area contributed by atoms with Crippen molar-refractivity contribution >= 4 is 17.0 Å². The normalized spacial score (nSPS) is 15.3. The molecule has 1 aliphatic rings. The van der Waals surface area contributed by atoms with Gasteiger partial charge in [0.15, 0.2) is 0 Å². The molecule has 0 radical (unpaired) electrons. The molecule has 1 saturated heterocycles. The Morgan fingerprint density at radius 1 is 1.19 bits per heavy atom. The number of hydrogen-bond donors (Lipinski definition) is 2. The Balaban J connectivity index is 1.60. The molecule has 0 spiro atoms. The number of aromatic nitrogens is 2. The number of carboxylic acid groups (broad SMARTS) is 1. The van der Waals surface area contributed by atoms with E-state index >= 15 is 0 Å². The van der Waals surface area contributed by atoms with Crippen molar-refractivity contribution in [1.82, 2.24) is 14.9 Å². The summed E-state index contributed by atoms with van der Waals surface area (Å²) in [7, 11) is 2.03. The number of aryl methyl sites for hydroxylation is 2. The molecule has 0 unspecified atom stereocenters. The minimum atomic E-state index is -0.773. The van der Waals surface area contributed by atoms with E-state index in [1.807, 2.05) is 25.2 Å². The number of imidazole rings is 1. The van der Waals surface area contributed by atoms with E-state index in [0.29, 0.717) is 12.3 Å². The molecule has 0 atom stereocenters. The van der Waals surface area contributed by atoms with Gasteiger partial charge in [0.2, 0.25) is 0 Å². The predicted octanol–water partition coefficient (Wildman–Crippen LogP) is 3.72. The molecule has 0 aliphatic carbocycles. The maximum Gasteiger partial charge on any atom is 0.303 e. The number of piperidine rings is 1. The van der Waals surface area contributed by atoms with E-state index in [-0.39, 0.29) is 6.42 Å². The van der Waals surface area contributed by atoms with Crippen LogP contribution in [-0.2, 0) is 18.3 Å². The average Bonchev–Trinajstić information content (AvgIpc) is 3.03. The van der Waals surface area contributed by atoms with Gasteiger partial charge in [-0.15, -0.1) is 0 Å². The maximum atomic E-state index is 10.8. The molecule has 5 nitrogen and oxygen atoms in total. The third-order valence-electron chi connectivity index (χ3n) is 5.55. The summed E-state index contributed by atoms with van der Waals surface area (Å²) in [4.78, 5) is 15.6. The number of rotatable bonds is 5. The van der Waals surface area contributed by atoms with Crippen LogP contribution in [-0.4, -0.2) is 33.7 Å². The largest absolute Gasteiger partial charge is 0.481 e. The van der Waals surface area contributed by atoms with Gasteiger partial charge in [-0.3, -0.25) is 4.79 Å². The minimum Gasteiger partial charge on any atom is -0.481 e. The Kier molecular flexibility index (Phi) is 4.94. The van der Waals surface area contributed by atoms with E-state index in [0.717, 1.165) is 41.1 Å². The first-order chi connectivity index (χ1) is 13.1. The third-order valence-corrected chi connectivity index (χ3v) is 5.55. The zero-order valence-corrected chi connectivity index (χ0v) is 15.6. The second-order valence-electron chi connectivity index (χ2n) is 7.36. The minimum absolute atomic E-state index is 0.142. The summed E-state index contributed by atoms with van der Waals surface area (Å²) in [6.45, 7) is 2.20. The molecular formula is C22H25N3O2. The first-order valence-electron chi connectivity index (χ1n) is 9.60. The lowest BCUT2D eigenvalue weighted by Gasteiger charge is -2.23. The number of nitrogens with zero attached hydrogens (tertiary/aromatic N) is 2. The van der Waals surface area contributed by atoms with Gasteiger partial charge in [0.05, 0.1) is 11.0 Å². The Bertz CT molecular complexity index is 954. The van der Waals surface area contributed by atoms with Crippen molar-refractivity contribution in [2.24, 2.45) is 7.05 Å². The third kappa shape index (κ3) is 3.74. The number of fused-ring (bicyclic) bond motifs is 1. The van der Waals surface area contributed by atoms with Crippen molar-refractivity contribution in [1.29, 1.82) is 0 Å². The van der Waals surface area contributed by atoms with Gasteiger partial charge < -0.3 is 15.0 Å². The lowest BCUT2D eigenvalue weighted by atomic mass is 9.90. The average molecular weight is 363 g/mol. The monoisotopic (exact) mass is 363 g/mol. The van der Waals surface area contributed by atoms with E-state index < -0.39 is 5.97 Å². The van der Waals surface area contributed by atoms with E-state index in [9.17, 15) is 4.79 Å². The Morgan fingerprint density at radius 3 is 2.63 bits per heavy atom. The SMILES string of the molecule is Cn1c(-c2ccc(C3CCNCC3)cc2)nc2cc(CCC(=O)O)ccc21.